The molecule has 1 aromatic carbocycles. The zero-order chi connectivity index (χ0) is 14.0. The Balaban J connectivity index is 1.88. The van der Waals surface area contributed by atoms with Crippen LogP contribution < -0.4 is 5.32 Å². The number of ether oxygens (including phenoxy) is 1. The van der Waals surface area contributed by atoms with Gasteiger partial charge in [0.2, 0.25) is 0 Å². The Morgan fingerprint density at radius 3 is 2.65 bits per heavy atom. The predicted octanol–water partition coefficient (Wildman–Crippen LogP) is 3.78. The third kappa shape index (κ3) is 4.51. The quantitative estimate of drug-likeness (QED) is 0.706. The van der Waals surface area contributed by atoms with Crippen LogP contribution in [0.25, 0.3) is 0 Å². The second-order valence-electron chi connectivity index (χ2n) is 4.78. The van der Waals surface area contributed by atoms with Gasteiger partial charge < -0.3 is 14.5 Å². The van der Waals surface area contributed by atoms with Gasteiger partial charge in [-0.25, -0.2) is 0 Å². The predicted molar refractivity (Wildman–Crippen MR) is 80.7 cm³/mol. The van der Waals surface area contributed by atoms with E-state index in [0.717, 1.165) is 31.9 Å². The molecule has 0 saturated carbocycles. The highest BCUT2D eigenvalue weighted by molar-refractivity contribution is 5.26. The molecule has 1 heterocycles. The molecule has 1 N–H and O–H groups in total. The lowest BCUT2D eigenvalue weighted by Gasteiger charge is -2.17. The molecule has 0 radical (unpaired) electrons. The van der Waals surface area contributed by atoms with Gasteiger partial charge in [0.05, 0.1) is 18.9 Å². The van der Waals surface area contributed by atoms with Gasteiger partial charge in [-0.1, -0.05) is 43.7 Å². The molecule has 0 amide bonds. The smallest absolute Gasteiger partial charge is 0.125 e. The van der Waals surface area contributed by atoms with Crippen LogP contribution in [0.1, 0.15) is 37.1 Å². The minimum atomic E-state index is 0.0842. The van der Waals surface area contributed by atoms with E-state index in [1.165, 1.54) is 12.0 Å². The van der Waals surface area contributed by atoms with Gasteiger partial charge in [-0.2, -0.15) is 0 Å². The van der Waals surface area contributed by atoms with Gasteiger partial charge in [0, 0.05) is 13.2 Å². The largest absolute Gasteiger partial charge is 0.467 e. The summed E-state index contributed by atoms with van der Waals surface area (Å²) in [6.07, 6.45) is 4.01. The van der Waals surface area contributed by atoms with Crippen molar-refractivity contribution < 1.29 is 9.15 Å². The van der Waals surface area contributed by atoms with Gasteiger partial charge in [0.25, 0.3) is 0 Å². The van der Waals surface area contributed by atoms with Crippen LogP contribution in [0.4, 0.5) is 0 Å². The van der Waals surface area contributed by atoms with Crippen molar-refractivity contribution >= 4 is 0 Å². The lowest BCUT2D eigenvalue weighted by atomic mass is 10.0. The van der Waals surface area contributed by atoms with Crippen LogP contribution in [0.2, 0.25) is 0 Å². The zero-order valence-electron chi connectivity index (χ0n) is 12.0. The molecule has 2 aromatic rings. The molecule has 108 valence electrons. The molecular weight excluding hydrogens is 250 g/mol. The third-order valence-electron chi connectivity index (χ3n) is 3.20. The van der Waals surface area contributed by atoms with Crippen LogP contribution in [-0.4, -0.2) is 19.8 Å². The molecule has 0 spiro atoms. The van der Waals surface area contributed by atoms with Crippen LogP contribution in [0.3, 0.4) is 0 Å². The van der Waals surface area contributed by atoms with E-state index in [0.29, 0.717) is 0 Å². The number of hydrogen-bond acceptors (Lipinski definition) is 3. The average Bonchev–Trinajstić information content (AvgIpc) is 3.01. The topological polar surface area (TPSA) is 34.4 Å². The first-order chi connectivity index (χ1) is 9.92. The number of unbranched alkanes of at least 4 members (excludes halogenated alkanes) is 1. The maximum atomic E-state index is 5.58. The number of rotatable bonds is 9. The lowest BCUT2D eigenvalue weighted by molar-refractivity contribution is 0.131. The summed E-state index contributed by atoms with van der Waals surface area (Å²) < 4.78 is 11.1. The van der Waals surface area contributed by atoms with E-state index in [-0.39, 0.29) is 6.04 Å². The molecule has 20 heavy (non-hydrogen) atoms. The fourth-order valence-corrected chi connectivity index (χ4v) is 2.11. The Kier molecular flexibility index (Phi) is 6.35. The highest BCUT2D eigenvalue weighted by atomic mass is 16.5. The van der Waals surface area contributed by atoms with Gasteiger partial charge in [-0.3, -0.25) is 0 Å². The number of benzene rings is 1. The first-order valence-corrected chi connectivity index (χ1v) is 7.31. The van der Waals surface area contributed by atoms with Crippen molar-refractivity contribution in [3.05, 3.63) is 60.1 Å². The molecule has 3 heteroatoms. The third-order valence-corrected chi connectivity index (χ3v) is 3.20. The summed E-state index contributed by atoms with van der Waals surface area (Å²) in [6, 6.07) is 14.3. The monoisotopic (exact) mass is 273 g/mol. The molecule has 0 aliphatic carbocycles. The molecule has 0 aliphatic heterocycles. The van der Waals surface area contributed by atoms with E-state index < -0.39 is 0 Å². The summed E-state index contributed by atoms with van der Waals surface area (Å²) in [5.74, 6) is 0.935. The standard InChI is InChI=1S/C17H23NO2/c1-2-3-12-19-14-11-18-17(16-10-7-13-20-16)15-8-5-4-6-9-15/h4-10,13,17-18H,2-3,11-12,14H2,1H3. The molecule has 0 aliphatic rings. The summed E-state index contributed by atoms with van der Waals surface area (Å²) in [5.41, 5.74) is 1.20. The van der Waals surface area contributed by atoms with E-state index in [1.807, 2.05) is 30.3 Å². The van der Waals surface area contributed by atoms with Gasteiger partial charge >= 0.3 is 0 Å². The van der Waals surface area contributed by atoms with E-state index >= 15 is 0 Å². The Morgan fingerprint density at radius 1 is 1.10 bits per heavy atom. The molecule has 1 aromatic heterocycles. The number of hydrogen-bond donors (Lipinski definition) is 1. The Bertz CT molecular complexity index is 453. The minimum absolute atomic E-state index is 0.0842. The lowest BCUT2D eigenvalue weighted by Crippen LogP contribution is -2.26. The van der Waals surface area contributed by atoms with Crippen LogP contribution in [0.5, 0.6) is 0 Å². The summed E-state index contributed by atoms with van der Waals surface area (Å²) in [4.78, 5) is 0. The molecular formula is C17H23NO2. The SMILES string of the molecule is CCCCOCCNC(c1ccccc1)c1ccco1. The van der Waals surface area contributed by atoms with Crippen molar-refractivity contribution in [3.63, 3.8) is 0 Å². The molecule has 0 saturated heterocycles. The summed E-state index contributed by atoms with van der Waals surface area (Å²) in [6.45, 7) is 4.55. The normalized spacial score (nSPS) is 12.4. The Morgan fingerprint density at radius 2 is 1.95 bits per heavy atom. The summed E-state index contributed by atoms with van der Waals surface area (Å²) in [7, 11) is 0. The molecule has 1 unspecified atom stereocenters. The van der Waals surface area contributed by atoms with Crippen molar-refractivity contribution in [1.82, 2.24) is 5.32 Å². The molecule has 3 nitrogen and oxygen atoms in total. The second-order valence-corrected chi connectivity index (χ2v) is 4.78. The average molecular weight is 273 g/mol. The van der Waals surface area contributed by atoms with Gasteiger partial charge in [0.15, 0.2) is 0 Å². The van der Waals surface area contributed by atoms with Crippen molar-refractivity contribution in [2.24, 2.45) is 0 Å². The minimum Gasteiger partial charge on any atom is -0.467 e. The summed E-state index contributed by atoms with van der Waals surface area (Å²) >= 11 is 0. The molecule has 0 bridgehead atoms. The van der Waals surface area contributed by atoms with E-state index in [4.69, 9.17) is 9.15 Å². The zero-order valence-corrected chi connectivity index (χ0v) is 12.0. The van der Waals surface area contributed by atoms with Crippen molar-refractivity contribution in [2.45, 2.75) is 25.8 Å². The first kappa shape index (κ1) is 14.8. The van der Waals surface area contributed by atoms with Crippen molar-refractivity contribution in [3.8, 4) is 0 Å². The van der Waals surface area contributed by atoms with Crippen molar-refractivity contribution in [2.75, 3.05) is 19.8 Å². The van der Waals surface area contributed by atoms with Crippen LogP contribution in [-0.2, 0) is 4.74 Å². The van der Waals surface area contributed by atoms with Gasteiger partial charge in [-0.15, -0.1) is 0 Å². The van der Waals surface area contributed by atoms with Crippen LogP contribution in [0, 0.1) is 0 Å². The first-order valence-electron chi connectivity index (χ1n) is 7.31. The maximum Gasteiger partial charge on any atom is 0.125 e. The van der Waals surface area contributed by atoms with Crippen molar-refractivity contribution in [1.29, 1.82) is 0 Å². The second kappa shape index (κ2) is 8.56. The van der Waals surface area contributed by atoms with Crippen LogP contribution >= 0.6 is 0 Å². The fourth-order valence-electron chi connectivity index (χ4n) is 2.11. The van der Waals surface area contributed by atoms with E-state index in [2.05, 4.69) is 24.4 Å². The van der Waals surface area contributed by atoms with Gasteiger partial charge in [-0.05, 0) is 24.1 Å². The highest BCUT2D eigenvalue weighted by Gasteiger charge is 2.15. The Labute approximate surface area is 121 Å². The van der Waals surface area contributed by atoms with E-state index in [1.54, 1.807) is 6.26 Å². The highest BCUT2D eigenvalue weighted by Crippen LogP contribution is 2.21. The number of nitrogens with one attached hydrogen (secondary N) is 1. The van der Waals surface area contributed by atoms with Gasteiger partial charge in [0.1, 0.15) is 5.76 Å². The van der Waals surface area contributed by atoms with E-state index in [9.17, 15) is 0 Å². The Hall–Kier alpha value is -1.58. The number of furan rings is 1. The molecule has 1 atom stereocenters. The van der Waals surface area contributed by atoms with Crippen LogP contribution in [0.15, 0.2) is 53.1 Å². The summed E-state index contributed by atoms with van der Waals surface area (Å²) in [5, 5.41) is 3.50. The maximum absolute atomic E-state index is 5.58. The fraction of sp³-hybridized carbons (Fsp3) is 0.412. The molecule has 0 fully saturated rings. The molecule has 2 rings (SSSR count).